The highest BCUT2D eigenvalue weighted by Gasteiger charge is 2.15. The number of nitrogens with two attached hydrogens (primary N) is 1. The van der Waals surface area contributed by atoms with Gasteiger partial charge in [-0.25, -0.2) is 0 Å². The summed E-state index contributed by atoms with van der Waals surface area (Å²) in [6.45, 7) is 2.32. The van der Waals surface area contributed by atoms with Crippen LogP contribution in [0.3, 0.4) is 0 Å². The monoisotopic (exact) mass is 183 g/mol. The van der Waals surface area contributed by atoms with E-state index in [2.05, 4.69) is 11.8 Å². The van der Waals surface area contributed by atoms with Crippen molar-refractivity contribution in [2.24, 2.45) is 11.7 Å². The van der Waals surface area contributed by atoms with Gasteiger partial charge in [0.2, 0.25) is 0 Å². The van der Waals surface area contributed by atoms with Gasteiger partial charge in [-0.3, -0.25) is 4.79 Å². The summed E-state index contributed by atoms with van der Waals surface area (Å²) in [6.07, 6.45) is 2.74. The molecule has 0 rings (SSSR count). The normalized spacial score (nSPS) is 11.5. The molecule has 0 amide bonds. The minimum Gasteiger partial charge on any atom is -0.481 e. The Morgan fingerprint density at radius 2 is 2.23 bits per heavy atom. The second-order valence-electron chi connectivity index (χ2n) is 2.93. The fourth-order valence-electron chi connectivity index (χ4n) is 1.13. The number of hydrogen-bond donors (Lipinski definition) is 2. The van der Waals surface area contributed by atoms with E-state index in [1.807, 2.05) is 0 Å². The Labute approximate surface area is 79.3 Å². The van der Waals surface area contributed by atoms with Crippen molar-refractivity contribution in [2.75, 3.05) is 6.54 Å². The van der Waals surface area contributed by atoms with Crippen molar-refractivity contribution < 1.29 is 9.90 Å². The van der Waals surface area contributed by atoms with Crippen LogP contribution < -0.4 is 5.73 Å². The molecule has 3 nitrogen and oxygen atoms in total. The first-order valence-corrected chi connectivity index (χ1v) is 4.54. The predicted molar refractivity (Wildman–Crippen MR) is 52.1 cm³/mol. The molecule has 0 aliphatic heterocycles. The molecule has 1 atom stereocenters. The first-order chi connectivity index (χ1) is 6.22. The van der Waals surface area contributed by atoms with Gasteiger partial charge in [0.25, 0.3) is 0 Å². The number of carbonyl (C=O) groups is 1. The summed E-state index contributed by atoms with van der Waals surface area (Å²) < 4.78 is 0. The maximum atomic E-state index is 10.7. The summed E-state index contributed by atoms with van der Waals surface area (Å²) >= 11 is 0. The van der Waals surface area contributed by atoms with Crippen LogP contribution in [0.4, 0.5) is 0 Å². The van der Waals surface area contributed by atoms with Crippen LogP contribution in [0.1, 0.15) is 32.6 Å². The largest absolute Gasteiger partial charge is 0.481 e. The average molecular weight is 183 g/mol. The molecule has 3 heteroatoms. The first-order valence-electron chi connectivity index (χ1n) is 4.54. The quantitative estimate of drug-likeness (QED) is 0.609. The lowest BCUT2D eigenvalue weighted by Gasteiger charge is -2.08. The lowest BCUT2D eigenvalue weighted by molar-refractivity contribution is -0.142. The number of aliphatic carboxylic acids is 1. The molecule has 0 saturated heterocycles. The average Bonchev–Trinajstić information content (AvgIpc) is 2.10. The Balaban J connectivity index is 3.78. The maximum Gasteiger partial charge on any atom is 0.306 e. The number of carboxylic acids is 1. The van der Waals surface area contributed by atoms with E-state index in [1.54, 1.807) is 6.92 Å². The van der Waals surface area contributed by atoms with E-state index in [-0.39, 0.29) is 5.92 Å². The van der Waals surface area contributed by atoms with Gasteiger partial charge in [-0.2, -0.15) is 0 Å². The molecule has 1 unspecified atom stereocenters. The number of hydrogen-bond acceptors (Lipinski definition) is 2. The highest BCUT2D eigenvalue weighted by Crippen LogP contribution is 2.12. The van der Waals surface area contributed by atoms with Crippen LogP contribution in [0.25, 0.3) is 0 Å². The van der Waals surface area contributed by atoms with Crippen LogP contribution in [0.5, 0.6) is 0 Å². The Hall–Kier alpha value is -1.01. The van der Waals surface area contributed by atoms with Crippen LogP contribution in [0, 0.1) is 17.8 Å². The molecule has 0 aliphatic carbocycles. The van der Waals surface area contributed by atoms with Gasteiger partial charge in [-0.05, 0) is 32.7 Å². The fourth-order valence-corrected chi connectivity index (χ4v) is 1.13. The molecule has 0 radical (unpaired) electrons. The Bertz CT molecular complexity index is 203. The lowest BCUT2D eigenvalue weighted by Crippen LogP contribution is -2.15. The Morgan fingerprint density at radius 3 is 2.69 bits per heavy atom. The van der Waals surface area contributed by atoms with E-state index in [9.17, 15) is 4.79 Å². The van der Waals surface area contributed by atoms with Crippen molar-refractivity contribution in [3.05, 3.63) is 0 Å². The van der Waals surface area contributed by atoms with Crippen molar-refractivity contribution in [3.63, 3.8) is 0 Å². The standard InChI is InChI=1S/C10H17NO2/c1-2-3-4-6-9(10(12)13)7-5-8-11/h9H,4-8,11H2,1H3,(H,12,13). The molecule has 0 aromatic carbocycles. The molecular weight excluding hydrogens is 166 g/mol. The molecule has 0 saturated carbocycles. The van der Waals surface area contributed by atoms with Gasteiger partial charge >= 0.3 is 5.97 Å². The Morgan fingerprint density at radius 1 is 1.54 bits per heavy atom. The van der Waals surface area contributed by atoms with Crippen molar-refractivity contribution in [1.29, 1.82) is 0 Å². The molecule has 0 fully saturated rings. The molecule has 0 aromatic rings. The zero-order chi connectivity index (χ0) is 10.1. The SMILES string of the molecule is CC#CCCC(CCCN)C(=O)O. The third kappa shape index (κ3) is 6.18. The van der Waals surface area contributed by atoms with Crippen LogP contribution in [-0.2, 0) is 4.79 Å². The highest BCUT2D eigenvalue weighted by atomic mass is 16.4. The fraction of sp³-hybridized carbons (Fsp3) is 0.700. The second kappa shape index (κ2) is 7.63. The molecule has 0 aromatic heterocycles. The van der Waals surface area contributed by atoms with Crippen molar-refractivity contribution >= 4 is 5.97 Å². The number of carboxylic acid groups (broad SMARTS) is 1. The second-order valence-corrected chi connectivity index (χ2v) is 2.93. The van der Waals surface area contributed by atoms with E-state index in [4.69, 9.17) is 10.8 Å². The molecule has 0 aliphatic rings. The van der Waals surface area contributed by atoms with E-state index in [0.29, 0.717) is 25.8 Å². The van der Waals surface area contributed by atoms with Gasteiger partial charge < -0.3 is 10.8 Å². The van der Waals surface area contributed by atoms with Crippen LogP contribution in [0.15, 0.2) is 0 Å². The third-order valence-electron chi connectivity index (χ3n) is 1.90. The minimum atomic E-state index is -0.730. The molecule has 0 bridgehead atoms. The third-order valence-corrected chi connectivity index (χ3v) is 1.90. The smallest absolute Gasteiger partial charge is 0.306 e. The van der Waals surface area contributed by atoms with Crippen molar-refractivity contribution in [1.82, 2.24) is 0 Å². The summed E-state index contributed by atoms with van der Waals surface area (Å²) in [7, 11) is 0. The minimum absolute atomic E-state index is 0.274. The van der Waals surface area contributed by atoms with Gasteiger partial charge in [0.05, 0.1) is 5.92 Å². The van der Waals surface area contributed by atoms with E-state index < -0.39 is 5.97 Å². The van der Waals surface area contributed by atoms with Gasteiger partial charge in [0, 0.05) is 6.42 Å². The topological polar surface area (TPSA) is 63.3 Å². The lowest BCUT2D eigenvalue weighted by atomic mass is 9.98. The van der Waals surface area contributed by atoms with Gasteiger partial charge in [-0.15, -0.1) is 11.8 Å². The van der Waals surface area contributed by atoms with Crippen LogP contribution in [0.2, 0.25) is 0 Å². The number of rotatable bonds is 6. The summed E-state index contributed by atoms with van der Waals surface area (Å²) in [5.41, 5.74) is 5.31. The molecule has 13 heavy (non-hydrogen) atoms. The maximum absolute atomic E-state index is 10.7. The van der Waals surface area contributed by atoms with E-state index >= 15 is 0 Å². The zero-order valence-electron chi connectivity index (χ0n) is 8.05. The summed E-state index contributed by atoms with van der Waals surface area (Å²) in [4.78, 5) is 10.7. The van der Waals surface area contributed by atoms with E-state index in [0.717, 1.165) is 6.42 Å². The first kappa shape index (κ1) is 12.0. The molecule has 0 spiro atoms. The van der Waals surface area contributed by atoms with Crippen molar-refractivity contribution in [3.8, 4) is 11.8 Å². The van der Waals surface area contributed by atoms with E-state index in [1.165, 1.54) is 0 Å². The predicted octanol–water partition coefficient (Wildman–Crippen LogP) is 1.23. The highest BCUT2D eigenvalue weighted by molar-refractivity contribution is 5.69. The summed E-state index contributed by atoms with van der Waals surface area (Å²) in [6, 6.07) is 0. The summed E-state index contributed by atoms with van der Waals surface area (Å²) in [5, 5.41) is 8.81. The Kier molecular flexibility index (Phi) is 7.04. The van der Waals surface area contributed by atoms with Gasteiger partial charge in [0.1, 0.15) is 0 Å². The molecule has 0 heterocycles. The van der Waals surface area contributed by atoms with Crippen molar-refractivity contribution in [2.45, 2.75) is 32.6 Å². The van der Waals surface area contributed by atoms with Crippen LogP contribution >= 0.6 is 0 Å². The zero-order valence-corrected chi connectivity index (χ0v) is 8.05. The van der Waals surface area contributed by atoms with Gasteiger partial charge in [-0.1, -0.05) is 0 Å². The summed E-state index contributed by atoms with van der Waals surface area (Å²) in [5.74, 6) is 4.61. The molecule has 74 valence electrons. The van der Waals surface area contributed by atoms with Gasteiger partial charge in [0.15, 0.2) is 0 Å². The molecular formula is C10H17NO2. The molecule has 3 N–H and O–H groups in total. The van der Waals surface area contributed by atoms with Crippen LogP contribution in [-0.4, -0.2) is 17.6 Å².